The maximum Gasteiger partial charge on any atom is 0.263 e. The van der Waals surface area contributed by atoms with Crippen molar-refractivity contribution < 1.29 is 13.5 Å². The van der Waals surface area contributed by atoms with Crippen molar-refractivity contribution in [2.24, 2.45) is 4.99 Å². The van der Waals surface area contributed by atoms with Crippen LogP contribution in [0.5, 0.6) is 5.88 Å². The maximum absolute atomic E-state index is 12.7. The van der Waals surface area contributed by atoms with Gasteiger partial charge in [0, 0.05) is 19.2 Å². The quantitative estimate of drug-likeness (QED) is 0.459. The predicted molar refractivity (Wildman–Crippen MR) is 98.9 cm³/mol. The Morgan fingerprint density at radius 3 is 2.80 bits per heavy atom. The van der Waals surface area contributed by atoms with Crippen LogP contribution in [0.2, 0.25) is 0 Å². The molecule has 0 aliphatic heterocycles. The molecule has 0 fully saturated rings. The number of aryl methyl sites for hydroxylation is 1. The van der Waals surface area contributed by atoms with Crippen LogP contribution in [0.1, 0.15) is 30.2 Å². The molecule has 0 N–H and O–H groups in total. The van der Waals surface area contributed by atoms with Gasteiger partial charge in [-0.05, 0) is 47.5 Å². The van der Waals surface area contributed by atoms with E-state index in [0.717, 1.165) is 17.9 Å². The highest BCUT2D eigenvalue weighted by Crippen LogP contribution is 2.30. The minimum Gasteiger partial charge on any atom is -0.472 e. The summed E-state index contributed by atoms with van der Waals surface area (Å²) in [7, 11) is 1.94. The third-order valence-electron chi connectivity index (χ3n) is 3.58. The molecule has 0 amide bonds. The first kappa shape index (κ1) is 19.3. The van der Waals surface area contributed by atoms with Crippen LogP contribution in [0.3, 0.4) is 0 Å². The summed E-state index contributed by atoms with van der Waals surface area (Å²) in [5.41, 5.74) is 2.10. The third-order valence-corrected chi connectivity index (χ3v) is 4.15. The number of halogens is 3. The van der Waals surface area contributed by atoms with Crippen LogP contribution in [0.4, 0.5) is 14.5 Å². The second kappa shape index (κ2) is 8.89. The summed E-state index contributed by atoms with van der Waals surface area (Å²) in [5.74, 6) is 0.405. The molecule has 0 spiro atoms. The van der Waals surface area contributed by atoms with Crippen molar-refractivity contribution >= 4 is 28.0 Å². The second-order valence-corrected chi connectivity index (χ2v) is 6.39. The lowest BCUT2D eigenvalue weighted by Crippen LogP contribution is -2.14. The third kappa shape index (κ3) is 5.49. The van der Waals surface area contributed by atoms with Gasteiger partial charge in [0.05, 0.1) is 22.2 Å². The Hall–Kier alpha value is -2.02. The molecule has 0 radical (unpaired) electrons. The Kier molecular flexibility index (Phi) is 6.87. The topological polar surface area (TPSA) is 37.7 Å². The number of nitrogens with zero attached hydrogens (tertiary/aromatic N) is 3. The van der Waals surface area contributed by atoms with E-state index in [1.54, 1.807) is 18.5 Å². The highest BCUT2D eigenvalue weighted by atomic mass is 79.9. The zero-order valence-electron chi connectivity index (χ0n) is 14.3. The molecule has 1 aromatic heterocycles. The average molecular weight is 412 g/mol. The Morgan fingerprint density at radius 1 is 1.36 bits per heavy atom. The van der Waals surface area contributed by atoms with Gasteiger partial charge in [0.25, 0.3) is 6.43 Å². The van der Waals surface area contributed by atoms with E-state index in [1.165, 1.54) is 12.1 Å². The Morgan fingerprint density at radius 2 is 2.12 bits per heavy atom. The molecule has 0 saturated heterocycles. The molecule has 134 valence electrons. The number of aromatic nitrogens is 1. The van der Waals surface area contributed by atoms with E-state index in [-0.39, 0.29) is 12.2 Å². The van der Waals surface area contributed by atoms with Gasteiger partial charge >= 0.3 is 0 Å². The van der Waals surface area contributed by atoms with Crippen LogP contribution >= 0.6 is 15.9 Å². The minimum absolute atomic E-state index is 0.0194. The molecule has 0 atom stereocenters. The van der Waals surface area contributed by atoms with Gasteiger partial charge < -0.3 is 9.64 Å². The van der Waals surface area contributed by atoms with Crippen LogP contribution < -0.4 is 4.74 Å². The second-order valence-electron chi connectivity index (χ2n) is 5.53. The normalized spacial score (nSPS) is 11.3. The van der Waals surface area contributed by atoms with Crippen molar-refractivity contribution in [3.05, 3.63) is 51.6 Å². The van der Waals surface area contributed by atoms with Crippen molar-refractivity contribution in [1.29, 1.82) is 0 Å². The molecule has 25 heavy (non-hydrogen) atoms. The lowest BCUT2D eigenvalue weighted by molar-refractivity contribution is 0.151. The number of ether oxygens (including phenoxy) is 1. The first-order valence-corrected chi connectivity index (χ1v) is 8.61. The number of pyridine rings is 1. The summed E-state index contributed by atoms with van der Waals surface area (Å²) in [4.78, 5) is 10.7. The monoisotopic (exact) mass is 411 g/mol. The average Bonchev–Trinajstić information content (AvgIpc) is 2.60. The first-order valence-electron chi connectivity index (χ1n) is 7.82. The zero-order chi connectivity index (χ0) is 18.4. The van der Waals surface area contributed by atoms with Gasteiger partial charge in [-0.2, -0.15) is 0 Å². The van der Waals surface area contributed by atoms with Gasteiger partial charge in [-0.15, -0.1) is 0 Å². The summed E-state index contributed by atoms with van der Waals surface area (Å²) in [5, 5.41) is 0. The molecule has 0 bridgehead atoms. The summed E-state index contributed by atoms with van der Waals surface area (Å²) in [6.45, 7) is 4.89. The molecule has 4 nitrogen and oxygen atoms in total. The fourth-order valence-corrected chi connectivity index (χ4v) is 2.41. The lowest BCUT2D eigenvalue weighted by Gasteiger charge is -2.12. The summed E-state index contributed by atoms with van der Waals surface area (Å²) >= 11 is 3.42. The molecule has 0 unspecified atom stereocenters. The van der Waals surface area contributed by atoms with Crippen molar-refractivity contribution in [2.45, 2.75) is 26.9 Å². The predicted octanol–water partition coefficient (Wildman–Crippen LogP) is 5.28. The van der Waals surface area contributed by atoms with Crippen molar-refractivity contribution in [2.75, 3.05) is 13.6 Å². The number of benzene rings is 1. The van der Waals surface area contributed by atoms with Crippen molar-refractivity contribution in [3.63, 3.8) is 0 Å². The van der Waals surface area contributed by atoms with Crippen LogP contribution in [-0.2, 0) is 6.61 Å². The van der Waals surface area contributed by atoms with E-state index in [2.05, 4.69) is 25.9 Å². The molecule has 0 aliphatic rings. The molecule has 1 heterocycles. The van der Waals surface area contributed by atoms with Crippen LogP contribution in [0.25, 0.3) is 0 Å². The number of aliphatic imine (C=N–C) groups is 1. The Labute approximate surface area is 154 Å². The van der Waals surface area contributed by atoms with Crippen molar-refractivity contribution in [3.8, 4) is 5.88 Å². The number of hydrogen-bond donors (Lipinski definition) is 0. The van der Waals surface area contributed by atoms with Gasteiger partial charge in [-0.3, -0.25) is 0 Å². The SMILES string of the molecule is CCN(C)/C=N/c1cc(Br)c(OCc2cccc(C(F)F)c2)nc1C. The Bertz CT molecular complexity index is 753. The van der Waals surface area contributed by atoms with E-state index in [9.17, 15) is 8.78 Å². The largest absolute Gasteiger partial charge is 0.472 e. The van der Waals surface area contributed by atoms with E-state index in [1.807, 2.05) is 31.9 Å². The molecular formula is C18H20BrF2N3O. The maximum atomic E-state index is 12.7. The van der Waals surface area contributed by atoms with Gasteiger partial charge in [0.1, 0.15) is 6.61 Å². The number of rotatable bonds is 7. The highest BCUT2D eigenvalue weighted by Gasteiger charge is 2.10. The summed E-state index contributed by atoms with van der Waals surface area (Å²) < 4.78 is 31.8. The number of alkyl halides is 2. The highest BCUT2D eigenvalue weighted by molar-refractivity contribution is 9.10. The summed E-state index contributed by atoms with van der Waals surface area (Å²) in [6.07, 6.45) is -0.752. The van der Waals surface area contributed by atoms with Crippen LogP contribution in [0, 0.1) is 6.92 Å². The van der Waals surface area contributed by atoms with Crippen molar-refractivity contribution in [1.82, 2.24) is 9.88 Å². The van der Waals surface area contributed by atoms with E-state index >= 15 is 0 Å². The first-order chi connectivity index (χ1) is 11.9. The van der Waals surface area contributed by atoms with E-state index in [0.29, 0.717) is 15.9 Å². The molecule has 0 saturated carbocycles. The fraction of sp³-hybridized carbons (Fsp3) is 0.333. The van der Waals surface area contributed by atoms with Crippen LogP contribution in [-0.4, -0.2) is 29.8 Å². The minimum atomic E-state index is -2.49. The molecular weight excluding hydrogens is 392 g/mol. The Balaban J connectivity index is 2.11. The molecule has 7 heteroatoms. The van der Waals surface area contributed by atoms with E-state index in [4.69, 9.17) is 4.74 Å². The van der Waals surface area contributed by atoms with Gasteiger partial charge in [0.2, 0.25) is 5.88 Å². The smallest absolute Gasteiger partial charge is 0.263 e. The lowest BCUT2D eigenvalue weighted by atomic mass is 10.1. The summed E-state index contributed by atoms with van der Waals surface area (Å²) in [6, 6.07) is 7.99. The molecule has 1 aromatic carbocycles. The molecule has 2 aromatic rings. The van der Waals surface area contributed by atoms with Gasteiger partial charge in [-0.1, -0.05) is 18.2 Å². The molecule has 2 rings (SSSR count). The van der Waals surface area contributed by atoms with Gasteiger partial charge in [0.15, 0.2) is 0 Å². The van der Waals surface area contributed by atoms with Crippen LogP contribution in [0.15, 0.2) is 39.8 Å². The molecule has 0 aliphatic carbocycles. The zero-order valence-corrected chi connectivity index (χ0v) is 15.9. The standard InChI is InChI=1S/C18H20BrF2N3O/c1-4-24(3)11-22-16-9-15(19)18(23-12(16)2)25-10-13-6-5-7-14(8-13)17(20)21/h5-9,11,17H,4,10H2,1-3H3/b22-11+. The van der Waals surface area contributed by atoms with Gasteiger partial charge in [-0.25, -0.2) is 18.8 Å². The fourth-order valence-electron chi connectivity index (χ4n) is 1.99. The van der Waals surface area contributed by atoms with E-state index < -0.39 is 6.43 Å². The number of hydrogen-bond acceptors (Lipinski definition) is 3.